The molecule has 3 rings (SSSR count). The van der Waals surface area contributed by atoms with Crippen LogP contribution >= 0.6 is 11.8 Å². The van der Waals surface area contributed by atoms with Crippen LogP contribution in [0.25, 0.3) is 0 Å². The lowest BCUT2D eigenvalue weighted by Gasteiger charge is -2.39. The van der Waals surface area contributed by atoms with Gasteiger partial charge in [0.25, 0.3) is 0 Å². The molecule has 3 unspecified atom stereocenters. The SMILES string of the molecule is CCOC(=O)[C@@H]1[C@@H]2CC(C)C3(S2)C(C(=O)NC(C)(C)C)N(CCCCCO)C(=O)[C@H]13. The molecule has 3 heterocycles. The van der Waals surface area contributed by atoms with E-state index in [1.807, 2.05) is 20.8 Å². The second-order valence-corrected chi connectivity index (χ2v) is 11.4. The first kappa shape index (κ1) is 23.4. The highest BCUT2D eigenvalue weighted by Gasteiger charge is 2.76. The van der Waals surface area contributed by atoms with Gasteiger partial charge in [-0.3, -0.25) is 14.4 Å². The van der Waals surface area contributed by atoms with Crippen molar-refractivity contribution >= 4 is 29.5 Å². The van der Waals surface area contributed by atoms with Gasteiger partial charge < -0.3 is 20.1 Å². The maximum atomic E-state index is 13.7. The van der Waals surface area contributed by atoms with Gasteiger partial charge in [-0.1, -0.05) is 6.92 Å². The minimum absolute atomic E-state index is 0.0227. The number of thioether (sulfide) groups is 1. The number of carbonyl (C=O) groups excluding carboxylic acids is 3. The molecule has 3 aliphatic rings. The van der Waals surface area contributed by atoms with Crippen molar-refractivity contribution in [2.24, 2.45) is 17.8 Å². The third-order valence-corrected chi connectivity index (χ3v) is 8.68. The molecule has 8 heteroatoms. The normalized spacial score (nSPS) is 34.9. The van der Waals surface area contributed by atoms with Crippen molar-refractivity contribution in [3.8, 4) is 0 Å². The zero-order valence-electron chi connectivity index (χ0n) is 18.8. The van der Waals surface area contributed by atoms with Gasteiger partial charge in [0.2, 0.25) is 11.8 Å². The summed E-state index contributed by atoms with van der Waals surface area (Å²) < 4.78 is 4.75. The van der Waals surface area contributed by atoms with Gasteiger partial charge >= 0.3 is 5.97 Å². The van der Waals surface area contributed by atoms with Crippen molar-refractivity contribution in [1.29, 1.82) is 0 Å². The van der Waals surface area contributed by atoms with Gasteiger partial charge in [0, 0.05) is 23.9 Å². The summed E-state index contributed by atoms with van der Waals surface area (Å²) in [5.41, 5.74) is -0.414. The van der Waals surface area contributed by atoms with Crippen LogP contribution in [0.3, 0.4) is 0 Å². The first-order valence-corrected chi connectivity index (χ1v) is 12.0. The smallest absolute Gasteiger partial charge is 0.310 e. The molecule has 30 heavy (non-hydrogen) atoms. The molecular weight excluding hydrogens is 404 g/mol. The molecule has 3 aliphatic heterocycles. The molecular formula is C22H36N2O5S. The van der Waals surface area contributed by atoms with E-state index in [1.165, 1.54) is 0 Å². The van der Waals surface area contributed by atoms with Gasteiger partial charge in [-0.25, -0.2) is 0 Å². The molecule has 1 spiro atoms. The second-order valence-electron chi connectivity index (χ2n) is 9.86. The quantitative estimate of drug-likeness (QED) is 0.443. The number of rotatable bonds is 8. The summed E-state index contributed by atoms with van der Waals surface area (Å²) in [6, 6.07) is -0.590. The van der Waals surface area contributed by atoms with Crippen molar-refractivity contribution in [2.45, 2.75) is 81.9 Å². The summed E-state index contributed by atoms with van der Waals surface area (Å²) in [5.74, 6) is -1.36. The Kier molecular flexibility index (Phi) is 6.77. The van der Waals surface area contributed by atoms with Crippen LogP contribution in [0, 0.1) is 17.8 Å². The molecule has 3 fully saturated rings. The Hall–Kier alpha value is -1.28. The molecule has 7 nitrogen and oxygen atoms in total. The number of likely N-dealkylation sites (tertiary alicyclic amines) is 1. The van der Waals surface area contributed by atoms with Crippen LogP contribution in [0.5, 0.6) is 0 Å². The van der Waals surface area contributed by atoms with E-state index in [4.69, 9.17) is 9.84 Å². The van der Waals surface area contributed by atoms with Gasteiger partial charge in [0.15, 0.2) is 0 Å². The maximum absolute atomic E-state index is 13.7. The monoisotopic (exact) mass is 440 g/mol. The standard InChI is InChI=1S/C22H36N2O5S/c1-6-29-20(28)15-14-12-13(2)22(30-14)16(15)19(27)24(10-8-7-9-11-25)17(22)18(26)23-21(3,4)5/h13-17,25H,6-12H2,1-5H3,(H,23,26)/t13?,14-,15+,16-,17?,22?/m0/s1. The minimum Gasteiger partial charge on any atom is -0.466 e. The molecule has 2 N–H and O–H groups in total. The highest BCUT2D eigenvalue weighted by Crippen LogP contribution is 2.68. The van der Waals surface area contributed by atoms with Crippen LogP contribution in [-0.4, -0.2) is 69.1 Å². The van der Waals surface area contributed by atoms with Gasteiger partial charge in [0.1, 0.15) is 6.04 Å². The van der Waals surface area contributed by atoms with E-state index in [-0.39, 0.29) is 42.2 Å². The summed E-state index contributed by atoms with van der Waals surface area (Å²) in [6.07, 6.45) is 3.00. The fraction of sp³-hybridized carbons (Fsp3) is 0.864. The maximum Gasteiger partial charge on any atom is 0.310 e. The largest absolute Gasteiger partial charge is 0.466 e. The van der Waals surface area contributed by atoms with Crippen LogP contribution < -0.4 is 5.32 Å². The Morgan fingerprint density at radius 2 is 2.00 bits per heavy atom. The Labute approximate surface area is 183 Å². The summed E-state index contributed by atoms with van der Waals surface area (Å²) in [4.78, 5) is 41.7. The van der Waals surface area contributed by atoms with E-state index in [9.17, 15) is 14.4 Å². The molecule has 3 saturated heterocycles. The van der Waals surface area contributed by atoms with E-state index in [0.717, 1.165) is 19.3 Å². The topological polar surface area (TPSA) is 95.9 Å². The Morgan fingerprint density at radius 1 is 1.30 bits per heavy atom. The van der Waals surface area contributed by atoms with E-state index in [2.05, 4.69) is 12.2 Å². The summed E-state index contributed by atoms with van der Waals surface area (Å²) in [7, 11) is 0. The average molecular weight is 441 g/mol. The first-order chi connectivity index (χ1) is 14.1. The van der Waals surface area contributed by atoms with Crippen molar-refractivity contribution < 1.29 is 24.2 Å². The lowest BCUT2D eigenvalue weighted by molar-refractivity contribution is -0.154. The summed E-state index contributed by atoms with van der Waals surface area (Å²) in [5, 5.41) is 12.2. The molecule has 170 valence electrons. The van der Waals surface area contributed by atoms with Crippen molar-refractivity contribution in [3.63, 3.8) is 0 Å². The van der Waals surface area contributed by atoms with Gasteiger partial charge in [-0.05, 0) is 59.3 Å². The number of aliphatic hydroxyl groups is 1. The lowest BCUT2D eigenvalue weighted by atomic mass is 9.66. The van der Waals surface area contributed by atoms with Crippen LogP contribution in [0.4, 0.5) is 0 Å². The number of nitrogens with one attached hydrogen (secondary N) is 1. The lowest BCUT2D eigenvalue weighted by Crippen LogP contribution is -2.59. The minimum atomic E-state index is -0.592. The van der Waals surface area contributed by atoms with Crippen LogP contribution in [0.1, 0.15) is 60.3 Å². The highest BCUT2D eigenvalue weighted by molar-refractivity contribution is 8.02. The van der Waals surface area contributed by atoms with Crippen molar-refractivity contribution in [3.05, 3.63) is 0 Å². The van der Waals surface area contributed by atoms with Gasteiger partial charge in [-0.15, -0.1) is 11.8 Å². The Morgan fingerprint density at radius 3 is 2.60 bits per heavy atom. The molecule has 0 aromatic carbocycles. The van der Waals surface area contributed by atoms with Crippen LogP contribution in [0.2, 0.25) is 0 Å². The zero-order chi connectivity index (χ0) is 22.3. The molecule has 0 saturated carbocycles. The molecule has 6 atom stereocenters. The van der Waals surface area contributed by atoms with E-state index in [0.29, 0.717) is 13.0 Å². The number of amides is 2. The number of carbonyl (C=O) groups is 3. The van der Waals surface area contributed by atoms with Crippen LogP contribution in [-0.2, 0) is 19.1 Å². The van der Waals surface area contributed by atoms with Crippen molar-refractivity contribution in [2.75, 3.05) is 19.8 Å². The fourth-order valence-corrected chi connectivity index (χ4v) is 7.98. The highest BCUT2D eigenvalue weighted by atomic mass is 32.2. The summed E-state index contributed by atoms with van der Waals surface area (Å²) >= 11 is 1.67. The first-order valence-electron chi connectivity index (χ1n) is 11.2. The zero-order valence-corrected chi connectivity index (χ0v) is 19.6. The number of esters is 1. The molecule has 2 amide bonds. The van der Waals surface area contributed by atoms with Gasteiger partial charge in [0.05, 0.1) is 23.2 Å². The third kappa shape index (κ3) is 3.85. The molecule has 0 radical (unpaired) electrons. The van der Waals surface area contributed by atoms with E-state index in [1.54, 1.807) is 23.6 Å². The number of hydrogen-bond donors (Lipinski definition) is 2. The molecule has 0 aliphatic carbocycles. The van der Waals surface area contributed by atoms with Crippen molar-refractivity contribution in [1.82, 2.24) is 10.2 Å². The number of ether oxygens (including phenoxy) is 1. The molecule has 2 bridgehead atoms. The predicted molar refractivity (Wildman–Crippen MR) is 116 cm³/mol. The Bertz CT molecular complexity index is 694. The predicted octanol–water partition coefficient (Wildman–Crippen LogP) is 1.96. The Balaban J connectivity index is 1.97. The number of fused-ring (bicyclic) bond motifs is 1. The fourth-order valence-electron chi connectivity index (χ4n) is 5.57. The number of aliphatic hydroxyl groups excluding tert-OH is 1. The average Bonchev–Trinajstić information content (AvgIpc) is 3.22. The van der Waals surface area contributed by atoms with E-state index < -0.39 is 28.2 Å². The van der Waals surface area contributed by atoms with E-state index >= 15 is 0 Å². The number of nitrogens with zero attached hydrogens (tertiary/aromatic N) is 1. The summed E-state index contributed by atoms with van der Waals surface area (Å²) in [6.45, 7) is 10.6. The van der Waals surface area contributed by atoms with Crippen LogP contribution in [0.15, 0.2) is 0 Å². The van der Waals surface area contributed by atoms with Gasteiger partial charge in [-0.2, -0.15) is 0 Å². The second kappa shape index (κ2) is 8.69. The number of hydrogen-bond acceptors (Lipinski definition) is 6. The number of unbranched alkanes of at least 4 members (excludes halogenated alkanes) is 2. The molecule has 0 aromatic heterocycles. The molecule has 0 aromatic rings. The third-order valence-electron chi connectivity index (χ3n) is 6.61.